The maximum atomic E-state index is 14.3. The summed E-state index contributed by atoms with van der Waals surface area (Å²) < 4.78 is 51.2. The number of halogens is 3. The number of carbonyl (C=O) groups excluding carboxylic acids is 2. The fraction of sp³-hybridized carbons (Fsp3) is 0.741. The van der Waals surface area contributed by atoms with Crippen molar-refractivity contribution in [2.24, 2.45) is 11.3 Å². The topological polar surface area (TPSA) is 87.2 Å². The number of nitrogens with zero attached hydrogens (tertiary/aromatic N) is 4. The normalized spacial score (nSPS) is 30.9. The number of alkyl halides is 3. The number of ether oxygens (including phenoxy) is 2. The Bertz CT molecular complexity index is 1090. The predicted octanol–water partition coefficient (Wildman–Crippen LogP) is 1.55. The molecular formula is C27H38F3N5O4. The number of pyridine rings is 1. The second-order valence-corrected chi connectivity index (χ2v) is 11.7. The van der Waals surface area contributed by atoms with Crippen molar-refractivity contribution in [2.75, 3.05) is 60.6 Å². The number of aromatic nitrogens is 1. The third kappa shape index (κ3) is 5.66. The number of amides is 2. The van der Waals surface area contributed by atoms with Gasteiger partial charge in [-0.2, -0.15) is 13.2 Å². The molecule has 3 fully saturated rings. The number of likely N-dealkylation sites (N-methyl/N-ethyl adjacent to an activating group) is 1. The average Bonchev–Trinajstić information content (AvgIpc) is 3.42. The van der Waals surface area contributed by atoms with Gasteiger partial charge in [0.1, 0.15) is 0 Å². The van der Waals surface area contributed by atoms with Crippen molar-refractivity contribution in [2.45, 2.75) is 56.6 Å². The Kier molecular flexibility index (Phi) is 7.93. The molecule has 1 N–H and O–H groups in total. The number of hydrogen-bond acceptors (Lipinski definition) is 7. The molecule has 39 heavy (non-hydrogen) atoms. The molecule has 5 atom stereocenters. The molecule has 1 aliphatic carbocycles. The standard InChI is InChI=1S/C27H38F3N5O4/c1-33(2)14-24(36)35-13-19-9-20(32-22-5-7-39-15-23(22)38-3)10-26(19,16-35)25(37)34-6-4-21-17(12-34)8-18(11-31-21)27(28,29)30/h8,11,19-20,22-23,32H,4-7,9-10,12-16H2,1-3H3. The van der Waals surface area contributed by atoms with Gasteiger partial charge in [-0.15, -0.1) is 0 Å². The first-order chi connectivity index (χ1) is 18.5. The zero-order chi connectivity index (χ0) is 27.9. The number of hydrogen-bond donors (Lipinski definition) is 1. The highest BCUT2D eigenvalue weighted by atomic mass is 19.4. The number of likely N-dealkylation sites (tertiary alicyclic amines) is 1. The Hall–Kier alpha value is -2.28. The number of nitrogens with one attached hydrogen (secondary N) is 1. The summed E-state index contributed by atoms with van der Waals surface area (Å²) in [5.41, 5.74) is -0.540. The van der Waals surface area contributed by atoms with E-state index in [1.54, 1.807) is 16.9 Å². The van der Waals surface area contributed by atoms with Gasteiger partial charge in [0.15, 0.2) is 0 Å². The highest BCUT2D eigenvalue weighted by molar-refractivity contribution is 5.87. The van der Waals surface area contributed by atoms with E-state index in [-0.39, 0.29) is 49.0 Å². The molecule has 1 aromatic heterocycles. The Morgan fingerprint density at radius 3 is 2.82 bits per heavy atom. The molecule has 3 aliphatic heterocycles. The minimum Gasteiger partial charge on any atom is -0.379 e. The van der Waals surface area contributed by atoms with Crippen molar-refractivity contribution in [3.8, 4) is 0 Å². The van der Waals surface area contributed by atoms with Crippen molar-refractivity contribution >= 4 is 11.8 Å². The van der Waals surface area contributed by atoms with Gasteiger partial charge in [0.2, 0.25) is 11.8 Å². The van der Waals surface area contributed by atoms with E-state index in [0.717, 1.165) is 25.1 Å². The first-order valence-corrected chi connectivity index (χ1v) is 13.6. The molecule has 4 aliphatic rings. The van der Waals surface area contributed by atoms with E-state index in [0.29, 0.717) is 56.9 Å². The summed E-state index contributed by atoms with van der Waals surface area (Å²) >= 11 is 0. The van der Waals surface area contributed by atoms with Crippen LogP contribution in [0.1, 0.15) is 36.1 Å². The monoisotopic (exact) mass is 553 g/mol. The first-order valence-electron chi connectivity index (χ1n) is 13.6. The molecule has 0 radical (unpaired) electrons. The van der Waals surface area contributed by atoms with Crippen LogP contribution >= 0.6 is 0 Å². The fourth-order valence-electron chi connectivity index (χ4n) is 6.90. The maximum Gasteiger partial charge on any atom is 0.417 e. The molecule has 4 heterocycles. The summed E-state index contributed by atoms with van der Waals surface area (Å²) in [7, 11) is 5.35. The molecule has 12 heteroatoms. The summed E-state index contributed by atoms with van der Waals surface area (Å²) in [5, 5.41) is 3.72. The van der Waals surface area contributed by atoms with Crippen LogP contribution < -0.4 is 5.32 Å². The van der Waals surface area contributed by atoms with Gasteiger partial charge in [0.05, 0.1) is 30.2 Å². The van der Waals surface area contributed by atoms with Gasteiger partial charge in [0, 0.05) is 70.3 Å². The van der Waals surface area contributed by atoms with Crippen molar-refractivity contribution < 1.29 is 32.2 Å². The lowest BCUT2D eigenvalue weighted by atomic mass is 9.78. The minimum absolute atomic E-state index is 0.0158. The maximum absolute atomic E-state index is 14.3. The highest BCUT2D eigenvalue weighted by Crippen LogP contribution is 2.50. The average molecular weight is 554 g/mol. The molecule has 2 amide bonds. The van der Waals surface area contributed by atoms with Gasteiger partial charge >= 0.3 is 6.18 Å². The Labute approximate surface area is 227 Å². The lowest BCUT2D eigenvalue weighted by molar-refractivity contribution is -0.144. The van der Waals surface area contributed by atoms with E-state index >= 15 is 0 Å². The lowest BCUT2D eigenvalue weighted by Crippen LogP contribution is -2.52. The third-order valence-electron chi connectivity index (χ3n) is 8.82. The van der Waals surface area contributed by atoms with E-state index in [9.17, 15) is 22.8 Å². The van der Waals surface area contributed by atoms with Crippen molar-refractivity contribution in [1.82, 2.24) is 25.0 Å². The van der Waals surface area contributed by atoms with Gasteiger partial charge in [-0.3, -0.25) is 14.6 Å². The fourth-order valence-corrected chi connectivity index (χ4v) is 6.90. The second-order valence-electron chi connectivity index (χ2n) is 11.7. The first kappa shape index (κ1) is 28.3. The summed E-state index contributed by atoms with van der Waals surface area (Å²) in [6.45, 7) is 2.74. The summed E-state index contributed by atoms with van der Waals surface area (Å²) in [5.74, 6) is -0.122. The molecule has 0 aromatic carbocycles. The van der Waals surface area contributed by atoms with E-state index in [1.165, 1.54) is 0 Å². The minimum atomic E-state index is -4.49. The Morgan fingerprint density at radius 2 is 2.10 bits per heavy atom. The van der Waals surface area contributed by atoms with Crippen molar-refractivity contribution in [3.05, 3.63) is 29.1 Å². The van der Waals surface area contributed by atoms with Crippen molar-refractivity contribution in [3.63, 3.8) is 0 Å². The van der Waals surface area contributed by atoms with Gasteiger partial charge in [0.25, 0.3) is 0 Å². The Morgan fingerprint density at radius 1 is 1.31 bits per heavy atom. The molecule has 216 valence electrons. The van der Waals surface area contributed by atoms with E-state index in [4.69, 9.17) is 9.47 Å². The van der Waals surface area contributed by atoms with Crippen LogP contribution in [0.2, 0.25) is 0 Å². The van der Waals surface area contributed by atoms with E-state index < -0.39 is 17.2 Å². The quantitative estimate of drug-likeness (QED) is 0.572. The number of fused-ring (bicyclic) bond motifs is 2. The van der Waals surface area contributed by atoms with Crippen LogP contribution in [0.3, 0.4) is 0 Å². The largest absolute Gasteiger partial charge is 0.417 e. The smallest absolute Gasteiger partial charge is 0.379 e. The molecule has 0 bridgehead atoms. The van der Waals surface area contributed by atoms with Gasteiger partial charge in [-0.1, -0.05) is 0 Å². The van der Waals surface area contributed by atoms with Crippen LogP contribution in [0, 0.1) is 11.3 Å². The molecular weight excluding hydrogens is 515 g/mol. The molecule has 0 spiro atoms. The molecule has 2 saturated heterocycles. The number of methoxy groups -OCH3 is 1. The lowest BCUT2D eigenvalue weighted by Gasteiger charge is -2.38. The summed E-state index contributed by atoms with van der Waals surface area (Å²) in [6.07, 6.45) is -1.17. The van der Waals surface area contributed by atoms with Crippen molar-refractivity contribution in [1.29, 1.82) is 0 Å². The van der Waals surface area contributed by atoms with Crippen LogP contribution in [-0.4, -0.2) is 110 Å². The van der Waals surface area contributed by atoms with Crippen LogP contribution in [0.15, 0.2) is 12.3 Å². The molecule has 1 saturated carbocycles. The van der Waals surface area contributed by atoms with E-state index in [1.807, 2.05) is 19.0 Å². The SMILES string of the molecule is COC1COCCC1NC1CC2CN(C(=O)CN(C)C)CC2(C(=O)N2CCc3ncc(C(F)(F)F)cc3C2)C1. The highest BCUT2D eigenvalue weighted by Gasteiger charge is 2.59. The summed E-state index contributed by atoms with van der Waals surface area (Å²) in [6, 6.07) is 1.30. The van der Waals surface area contributed by atoms with E-state index in [2.05, 4.69) is 10.3 Å². The number of carbonyl (C=O) groups is 2. The molecule has 9 nitrogen and oxygen atoms in total. The Balaban J connectivity index is 1.37. The molecule has 1 aromatic rings. The van der Waals surface area contributed by atoms with Crippen LogP contribution in [-0.2, 0) is 38.2 Å². The molecule has 5 unspecified atom stereocenters. The van der Waals surface area contributed by atoms with Crippen LogP contribution in [0.25, 0.3) is 0 Å². The molecule has 5 rings (SSSR count). The predicted molar refractivity (Wildman–Crippen MR) is 136 cm³/mol. The number of rotatable bonds is 6. The summed E-state index contributed by atoms with van der Waals surface area (Å²) in [4.78, 5) is 36.7. The zero-order valence-electron chi connectivity index (χ0n) is 22.8. The van der Waals surface area contributed by atoms with Crippen LogP contribution in [0.5, 0.6) is 0 Å². The third-order valence-corrected chi connectivity index (χ3v) is 8.82. The van der Waals surface area contributed by atoms with Gasteiger partial charge < -0.3 is 29.5 Å². The van der Waals surface area contributed by atoms with Gasteiger partial charge in [-0.05, 0) is 50.9 Å². The zero-order valence-corrected chi connectivity index (χ0v) is 22.8. The second kappa shape index (κ2) is 10.9. The van der Waals surface area contributed by atoms with Gasteiger partial charge in [-0.25, -0.2) is 0 Å². The van der Waals surface area contributed by atoms with Crippen LogP contribution in [0.4, 0.5) is 13.2 Å².